The number of para-hydroxylation sites is 2. The number of rotatable bonds is 4. The van der Waals surface area contributed by atoms with Crippen LogP contribution in [-0.2, 0) is 6.54 Å². The first-order valence-corrected chi connectivity index (χ1v) is 9.73. The molecule has 0 radical (unpaired) electrons. The first-order valence-electron chi connectivity index (χ1n) is 9.73. The fourth-order valence-corrected chi connectivity index (χ4v) is 3.99. The molecule has 0 aliphatic carbocycles. The summed E-state index contributed by atoms with van der Waals surface area (Å²) >= 11 is 0. The van der Waals surface area contributed by atoms with Crippen LogP contribution in [0.15, 0.2) is 67.4 Å². The van der Waals surface area contributed by atoms with Crippen molar-refractivity contribution in [3.63, 3.8) is 0 Å². The first kappa shape index (κ1) is 16.9. The maximum Gasteiger partial charge on any atom is 0.147 e. The van der Waals surface area contributed by atoms with Crippen molar-refractivity contribution in [3.8, 4) is 0 Å². The zero-order valence-electron chi connectivity index (χ0n) is 15.6. The Morgan fingerprint density at radius 3 is 2.71 bits per heavy atom. The zero-order chi connectivity index (χ0) is 18.8. The molecule has 4 heterocycles. The van der Waals surface area contributed by atoms with E-state index in [1.54, 1.807) is 0 Å². The summed E-state index contributed by atoms with van der Waals surface area (Å²) < 4.78 is 2.26. The number of nitrogens with zero attached hydrogens (tertiary/aromatic N) is 6. The number of piperidine rings is 1. The smallest absolute Gasteiger partial charge is 0.147 e. The molecule has 0 spiro atoms. The van der Waals surface area contributed by atoms with Crippen molar-refractivity contribution in [1.29, 1.82) is 0 Å². The summed E-state index contributed by atoms with van der Waals surface area (Å²) in [5.41, 5.74) is 3.12. The highest BCUT2D eigenvalue weighted by Gasteiger charge is 2.25. The molecule has 4 aromatic rings. The molecule has 0 amide bonds. The Balaban J connectivity index is 1.38. The molecular formula is C22H22N6. The van der Waals surface area contributed by atoms with Gasteiger partial charge in [-0.05, 0) is 42.7 Å². The molecule has 140 valence electrons. The Labute approximate surface area is 163 Å². The molecule has 6 nitrogen and oxygen atoms in total. The van der Waals surface area contributed by atoms with Gasteiger partial charge < -0.3 is 9.47 Å². The Morgan fingerprint density at radius 1 is 0.964 bits per heavy atom. The summed E-state index contributed by atoms with van der Waals surface area (Å²) in [6, 6.07) is 12.1. The van der Waals surface area contributed by atoms with Gasteiger partial charge in [0.2, 0.25) is 0 Å². The van der Waals surface area contributed by atoms with Gasteiger partial charge in [0, 0.05) is 50.3 Å². The van der Waals surface area contributed by atoms with Gasteiger partial charge >= 0.3 is 0 Å². The van der Waals surface area contributed by atoms with Crippen molar-refractivity contribution in [2.45, 2.75) is 25.3 Å². The van der Waals surface area contributed by atoms with Crippen LogP contribution < -0.4 is 4.90 Å². The third-order valence-electron chi connectivity index (χ3n) is 5.40. The molecule has 0 saturated carbocycles. The standard InChI is InChI=1S/C22H22N6/c1-2-6-20-19(5-1)25-14-21(26-20)27-12-3-4-18(16-27)22-24-11-13-28(22)15-17-7-9-23-10-8-17/h1-2,5-11,13-14,18H,3-4,12,15-16H2. The molecule has 0 N–H and O–H groups in total. The molecule has 28 heavy (non-hydrogen) atoms. The fraction of sp³-hybridized carbons (Fsp3) is 0.273. The van der Waals surface area contributed by atoms with Crippen LogP contribution in [0.3, 0.4) is 0 Å². The Hall–Kier alpha value is -3.28. The van der Waals surface area contributed by atoms with Gasteiger partial charge in [-0.2, -0.15) is 0 Å². The van der Waals surface area contributed by atoms with E-state index in [-0.39, 0.29) is 0 Å². The maximum absolute atomic E-state index is 4.83. The van der Waals surface area contributed by atoms with E-state index >= 15 is 0 Å². The normalized spacial score (nSPS) is 17.1. The van der Waals surface area contributed by atoms with Crippen LogP contribution in [0.2, 0.25) is 0 Å². The van der Waals surface area contributed by atoms with E-state index in [1.165, 1.54) is 5.56 Å². The molecule has 1 unspecified atom stereocenters. The number of pyridine rings is 1. The highest BCUT2D eigenvalue weighted by Crippen LogP contribution is 2.29. The van der Waals surface area contributed by atoms with Crippen molar-refractivity contribution >= 4 is 16.9 Å². The molecular weight excluding hydrogens is 348 g/mol. The minimum absolute atomic E-state index is 0.388. The molecule has 1 aromatic carbocycles. The maximum atomic E-state index is 4.83. The van der Waals surface area contributed by atoms with Crippen LogP contribution in [-0.4, -0.2) is 37.6 Å². The van der Waals surface area contributed by atoms with Gasteiger partial charge in [-0.25, -0.2) is 9.97 Å². The van der Waals surface area contributed by atoms with Gasteiger partial charge in [-0.15, -0.1) is 0 Å². The molecule has 1 aliphatic rings. The summed E-state index contributed by atoms with van der Waals surface area (Å²) in [5, 5.41) is 0. The van der Waals surface area contributed by atoms with E-state index in [9.17, 15) is 0 Å². The SMILES string of the molecule is c1ccc2nc(N3CCCC(c4nccn4Cc4ccncc4)C3)cnc2c1. The minimum atomic E-state index is 0.388. The average Bonchev–Trinajstić information content (AvgIpc) is 3.22. The number of imidazole rings is 1. The predicted molar refractivity (Wildman–Crippen MR) is 109 cm³/mol. The molecule has 5 rings (SSSR count). The second-order valence-electron chi connectivity index (χ2n) is 7.27. The lowest BCUT2D eigenvalue weighted by Gasteiger charge is -2.33. The topological polar surface area (TPSA) is 59.7 Å². The summed E-state index contributed by atoms with van der Waals surface area (Å²) in [7, 11) is 0. The minimum Gasteiger partial charge on any atom is -0.355 e. The fourth-order valence-electron chi connectivity index (χ4n) is 3.99. The molecule has 1 atom stereocenters. The molecule has 1 saturated heterocycles. The molecule has 0 bridgehead atoms. The third kappa shape index (κ3) is 3.33. The van der Waals surface area contributed by atoms with Gasteiger partial charge in [-0.3, -0.25) is 9.97 Å². The largest absolute Gasteiger partial charge is 0.355 e. The van der Waals surface area contributed by atoms with Crippen molar-refractivity contribution < 1.29 is 0 Å². The van der Waals surface area contributed by atoms with Crippen LogP contribution >= 0.6 is 0 Å². The van der Waals surface area contributed by atoms with E-state index < -0.39 is 0 Å². The van der Waals surface area contributed by atoms with Gasteiger partial charge in [0.25, 0.3) is 0 Å². The van der Waals surface area contributed by atoms with Crippen LogP contribution in [0.5, 0.6) is 0 Å². The Morgan fingerprint density at radius 2 is 1.82 bits per heavy atom. The summed E-state index contributed by atoms with van der Waals surface area (Å²) in [6.45, 7) is 2.75. The molecule has 3 aromatic heterocycles. The lowest BCUT2D eigenvalue weighted by molar-refractivity contribution is 0.474. The number of aromatic nitrogens is 5. The van der Waals surface area contributed by atoms with E-state index in [4.69, 9.17) is 9.97 Å². The number of hydrogen-bond donors (Lipinski definition) is 0. The van der Waals surface area contributed by atoms with Gasteiger partial charge in [-0.1, -0.05) is 12.1 Å². The zero-order valence-corrected chi connectivity index (χ0v) is 15.6. The van der Waals surface area contributed by atoms with Crippen LogP contribution in [0.4, 0.5) is 5.82 Å². The highest BCUT2D eigenvalue weighted by molar-refractivity contribution is 5.75. The summed E-state index contributed by atoms with van der Waals surface area (Å²) in [4.78, 5) is 20.6. The van der Waals surface area contributed by atoms with Gasteiger partial charge in [0.1, 0.15) is 11.6 Å². The van der Waals surface area contributed by atoms with E-state index in [1.807, 2.05) is 49.1 Å². The Kier molecular flexibility index (Phi) is 4.45. The van der Waals surface area contributed by atoms with Crippen LogP contribution in [0, 0.1) is 0 Å². The second-order valence-corrected chi connectivity index (χ2v) is 7.27. The molecule has 1 aliphatic heterocycles. The van der Waals surface area contributed by atoms with Gasteiger partial charge in [0.05, 0.1) is 17.2 Å². The lowest BCUT2D eigenvalue weighted by Crippen LogP contribution is -2.36. The van der Waals surface area contributed by atoms with E-state index in [0.29, 0.717) is 5.92 Å². The van der Waals surface area contributed by atoms with Crippen molar-refractivity contribution in [3.05, 3.63) is 78.8 Å². The van der Waals surface area contributed by atoms with Crippen molar-refractivity contribution in [2.24, 2.45) is 0 Å². The lowest BCUT2D eigenvalue weighted by atomic mass is 9.97. The first-order chi connectivity index (χ1) is 13.9. The summed E-state index contributed by atoms with van der Waals surface area (Å²) in [5.74, 6) is 2.49. The second kappa shape index (κ2) is 7.38. The number of fused-ring (bicyclic) bond motifs is 1. The monoisotopic (exact) mass is 370 g/mol. The number of anilines is 1. The third-order valence-corrected chi connectivity index (χ3v) is 5.40. The van der Waals surface area contributed by atoms with Gasteiger partial charge in [0.15, 0.2) is 0 Å². The quantitative estimate of drug-likeness (QED) is 0.549. The van der Waals surface area contributed by atoms with Crippen LogP contribution in [0.25, 0.3) is 11.0 Å². The average molecular weight is 370 g/mol. The molecule has 6 heteroatoms. The van der Waals surface area contributed by atoms with Crippen LogP contribution in [0.1, 0.15) is 30.1 Å². The molecule has 1 fully saturated rings. The van der Waals surface area contributed by atoms with E-state index in [0.717, 1.165) is 55.2 Å². The predicted octanol–water partition coefficient (Wildman–Crippen LogP) is 3.65. The van der Waals surface area contributed by atoms with Crippen molar-refractivity contribution in [1.82, 2.24) is 24.5 Å². The van der Waals surface area contributed by atoms with Crippen molar-refractivity contribution in [2.75, 3.05) is 18.0 Å². The number of hydrogen-bond acceptors (Lipinski definition) is 5. The number of benzene rings is 1. The summed E-state index contributed by atoms with van der Waals surface area (Å²) in [6.07, 6.45) is 11.8. The van der Waals surface area contributed by atoms with E-state index in [2.05, 4.69) is 37.8 Å². The highest BCUT2D eigenvalue weighted by atomic mass is 15.2. The Bertz CT molecular complexity index is 1070.